The van der Waals surface area contributed by atoms with Gasteiger partial charge in [0.05, 0.1) is 12.5 Å². The van der Waals surface area contributed by atoms with Crippen LogP contribution in [-0.4, -0.2) is 41.1 Å². The number of carbonyl (C=O) groups is 1. The molecule has 1 aromatic carbocycles. The first kappa shape index (κ1) is 17.0. The van der Waals surface area contributed by atoms with Gasteiger partial charge >= 0.3 is 0 Å². The highest BCUT2D eigenvalue weighted by molar-refractivity contribution is 5.73. The number of ether oxygens (including phenoxy) is 1. The van der Waals surface area contributed by atoms with Gasteiger partial charge in [-0.3, -0.25) is 4.79 Å². The fraction of sp³-hybridized carbons (Fsp3) is 0.526. The van der Waals surface area contributed by atoms with E-state index in [-0.39, 0.29) is 11.3 Å². The van der Waals surface area contributed by atoms with E-state index in [2.05, 4.69) is 11.2 Å². The van der Waals surface area contributed by atoms with Gasteiger partial charge in [-0.05, 0) is 37.0 Å². The van der Waals surface area contributed by atoms with E-state index in [1.165, 1.54) is 0 Å². The van der Waals surface area contributed by atoms with Gasteiger partial charge < -0.3 is 19.9 Å². The van der Waals surface area contributed by atoms with Crippen LogP contribution in [0.4, 0.5) is 0 Å². The van der Waals surface area contributed by atoms with E-state index in [4.69, 9.17) is 20.0 Å². The van der Waals surface area contributed by atoms with Gasteiger partial charge in [-0.25, -0.2) is 0 Å². The Hall–Kier alpha value is -2.41. The summed E-state index contributed by atoms with van der Waals surface area (Å²) in [6, 6.07) is 8.05. The van der Waals surface area contributed by atoms with Gasteiger partial charge in [0.1, 0.15) is 11.3 Å². The Kier molecular flexibility index (Phi) is 3.99. The first-order chi connectivity index (χ1) is 12.5. The molecule has 1 saturated carbocycles. The molecule has 1 saturated heterocycles. The second kappa shape index (κ2) is 6.09. The standard InChI is InChI=1S/C19H24N4O3/c1-13(24)23-10-9-19(20,12-23)17-21-16(22-26-17)18(7-4-8-18)14-5-3-6-15(11-14)25-2/h3,5-6,11H,4,7-10,12,20H2,1-2H3. The van der Waals surface area contributed by atoms with E-state index < -0.39 is 5.54 Å². The number of rotatable bonds is 4. The average molecular weight is 356 g/mol. The van der Waals surface area contributed by atoms with E-state index >= 15 is 0 Å². The van der Waals surface area contributed by atoms with Crippen molar-refractivity contribution in [3.63, 3.8) is 0 Å². The number of likely N-dealkylation sites (tertiary alicyclic amines) is 1. The quantitative estimate of drug-likeness (QED) is 0.900. The maximum absolute atomic E-state index is 11.6. The van der Waals surface area contributed by atoms with Crippen LogP contribution in [0.1, 0.15) is 49.9 Å². The second-order valence-electron chi connectivity index (χ2n) is 7.44. The highest BCUT2D eigenvalue weighted by atomic mass is 16.5. The zero-order chi connectivity index (χ0) is 18.4. The maximum Gasteiger partial charge on any atom is 0.248 e. The lowest BCUT2D eigenvalue weighted by molar-refractivity contribution is -0.128. The fourth-order valence-electron chi connectivity index (χ4n) is 3.99. The van der Waals surface area contributed by atoms with Crippen LogP contribution in [-0.2, 0) is 15.7 Å². The van der Waals surface area contributed by atoms with Crippen LogP contribution in [0.15, 0.2) is 28.8 Å². The number of benzene rings is 1. The zero-order valence-electron chi connectivity index (χ0n) is 15.2. The monoisotopic (exact) mass is 356 g/mol. The van der Waals surface area contributed by atoms with Crippen molar-refractivity contribution in [2.24, 2.45) is 5.73 Å². The van der Waals surface area contributed by atoms with Crippen molar-refractivity contribution in [2.75, 3.05) is 20.2 Å². The summed E-state index contributed by atoms with van der Waals surface area (Å²) in [6.07, 6.45) is 3.68. The number of hydrogen-bond acceptors (Lipinski definition) is 6. The lowest BCUT2D eigenvalue weighted by Gasteiger charge is -2.39. The van der Waals surface area contributed by atoms with E-state index in [1.54, 1.807) is 18.9 Å². The molecule has 2 heterocycles. The number of aromatic nitrogens is 2. The molecule has 26 heavy (non-hydrogen) atoms. The minimum absolute atomic E-state index is 0.0175. The summed E-state index contributed by atoms with van der Waals surface area (Å²) in [5.41, 5.74) is 6.62. The Bertz CT molecular complexity index is 830. The second-order valence-corrected chi connectivity index (χ2v) is 7.44. The van der Waals surface area contributed by atoms with Crippen LogP contribution < -0.4 is 10.5 Å². The Morgan fingerprint density at radius 3 is 2.77 bits per heavy atom. The summed E-state index contributed by atoms with van der Waals surface area (Å²) in [4.78, 5) is 18.1. The van der Waals surface area contributed by atoms with Gasteiger partial charge in [0, 0.05) is 20.0 Å². The van der Waals surface area contributed by atoms with Crippen molar-refractivity contribution in [3.8, 4) is 5.75 Å². The van der Waals surface area contributed by atoms with E-state index in [9.17, 15) is 4.79 Å². The Morgan fingerprint density at radius 1 is 1.35 bits per heavy atom. The highest BCUT2D eigenvalue weighted by Gasteiger charge is 2.47. The van der Waals surface area contributed by atoms with Crippen molar-refractivity contribution in [2.45, 2.75) is 43.6 Å². The molecule has 0 radical (unpaired) electrons. The number of methoxy groups -OCH3 is 1. The molecule has 7 nitrogen and oxygen atoms in total. The van der Waals surface area contributed by atoms with Gasteiger partial charge in [-0.2, -0.15) is 4.98 Å². The third-order valence-electron chi connectivity index (χ3n) is 5.86. The molecular weight excluding hydrogens is 332 g/mol. The van der Waals surface area contributed by atoms with Crippen LogP contribution in [0.25, 0.3) is 0 Å². The molecule has 1 unspecified atom stereocenters. The molecule has 0 bridgehead atoms. The summed E-state index contributed by atoms with van der Waals surface area (Å²) in [5.74, 6) is 1.94. The van der Waals surface area contributed by atoms with Gasteiger partial charge in [0.15, 0.2) is 5.82 Å². The average Bonchev–Trinajstić information content (AvgIpc) is 3.23. The van der Waals surface area contributed by atoms with Gasteiger partial charge in [0.2, 0.25) is 11.8 Å². The number of nitrogens with two attached hydrogens (primary N) is 1. The maximum atomic E-state index is 11.6. The van der Waals surface area contributed by atoms with Gasteiger partial charge in [0.25, 0.3) is 0 Å². The Labute approximate surface area is 152 Å². The van der Waals surface area contributed by atoms with Crippen molar-refractivity contribution in [1.82, 2.24) is 15.0 Å². The molecule has 4 rings (SSSR count). The highest BCUT2D eigenvalue weighted by Crippen LogP contribution is 2.48. The summed E-state index contributed by atoms with van der Waals surface area (Å²) in [5, 5.41) is 4.29. The lowest BCUT2D eigenvalue weighted by atomic mass is 9.64. The Balaban J connectivity index is 1.65. The normalized spacial score (nSPS) is 24.3. The first-order valence-corrected chi connectivity index (χ1v) is 9.00. The molecule has 2 fully saturated rings. The van der Waals surface area contributed by atoms with Crippen LogP contribution in [0, 0.1) is 0 Å². The molecule has 2 aromatic rings. The number of nitrogens with zero attached hydrogens (tertiary/aromatic N) is 3. The summed E-state index contributed by atoms with van der Waals surface area (Å²) >= 11 is 0. The smallest absolute Gasteiger partial charge is 0.248 e. The van der Waals surface area contributed by atoms with Crippen LogP contribution >= 0.6 is 0 Å². The predicted molar refractivity (Wildman–Crippen MR) is 94.7 cm³/mol. The molecule has 1 aliphatic carbocycles. The predicted octanol–water partition coefficient (Wildman–Crippen LogP) is 1.95. The van der Waals surface area contributed by atoms with Crippen LogP contribution in [0.2, 0.25) is 0 Å². The summed E-state index contributed by atoms with van der Waals surface area (Å²) < 4.78 is 11.0. The van der Waals surface area contributed by atoms with Crippen molar-refractivity contribution >= 4 is 5.91 Å². The van der Waals surface area contributed by atoms with Crippen molar-refractivity contribution in [1.29, 1.82) is 0 Å². The zero-order valence-corrected chi connectivity index (χ0v) is 15.2. The molecule has 1 aliphatic heterocycles. The minimum Gasteiger partial charge on any atom is -0.497 e. The topological polar surface area (TPSA) is 94.5 Å². The number of hydrogen-bond donors (Lipinski definition) is 1. The third-order valence-corrected chi connectivity index (χ3v) is 5.86. The summed E-state index contributed by atoms with van der Waals surface area (Å²) in [7, 11) is 1.66. The number of amides is 1. The number of carbonyl (C=O) groups excluding carboxylic acids is 1. The lowest BCUT2D eigenvalue weighted by Crippen LogP contribution is -2.41. The van der Waals surface area contributed by atoms with Gasteiger partial charge in [-0.15, -0.1) is 0 Å². The molecular formula is C19H24N4O3. The first-order valence-electron chi connectivity index (χ1n) is 9.00. The van der Waals surface area contributed by atoms with Gasteiger partial charge in [-0.1, -0.05) is 23.7 Å². The minimum atomic E-state index is -0.768. The third kappa shape index (κ3) is 2.58. The molecule has 1 amide bonds. The molecule has 1 aromatic heterocycles. The Morgan fingerprint density at radius 2 is 2.15 bits per heavy atom. The van der Waals surface area contributed by atoms with Crippen LogP contribution in [0.5, 0.6) is 5.75 Å². The molecule has 138 valence electrons. The van der Waals surface area contributed by atoms with E-state index in [0.717, 1.165) is 30.6 Å². The largest absolute Gasteiger partial charge is 0.497 e. The molecule has 0 spiro atoms. The molecule has 2 N–H and O–H groups in total. The van der Waals surface area contributed by atoms with Crippen molar-refractivity contribution < 1.29 is 14.1 Å². The molecule has 2 aliphatic rings. The van der Waals surface area contributed by atoms with E-state index in [0.29, 0.717) is 31.2 Å². The van der Waals surface area contributed by atoms with Crippen molar-refractivity contribution in [3.05, 3.63) is 41.5 Å². The molecule has 1 atom stereocenters. The fourth-order valence-corrected chi connectivity index (χ4v) is 3.99. The molecule has 7 heteroatoms. The SMILES string of the molecule is COc1cccc(C2(c3noc(C4(N)CCN(C(C)=O)C4)n3)CCC2)c1. The summed E-state index contributed by atoms with van der Waals surface area (Å²) in [6.45, 7) is 2.58. The van der Waals surface area contributed by atoms with Crippen LogP contribution in [0.3, 0.4) is 0 Å². The van der Waals surface area contributed by atoms with E-state index in [1.807, 2.05) is 18.2 Å².